The second kappa shape index (κ2) is 6.66. The van der Waals surface area contributed by atoms with Gasteiger partial charge in [0.2, 0.25) is 5.91 Å². The van der Waals surface area contributed by atoms with Crippen LogP contribution in [-0.2, 0) is 17.4 Å². The smallest absolute Gasteiger partial charge is 0.325 e. The van der Waals surface area contributed by atoms with E-state index in [-0.39, 0.29) is 17.1 Å². The van der Waals surface area contributed by atoms with Crippen molar-refractivity contribution in [3.63, 3.8) is 0 Å². The van der Waals surface area contributed by atoms with E-state index in [9.17, 15) is 18.0 Å². The van der Waals surface area contributed by atoms with Gasteiger partial charge in [0, 0.05) is 11.8 Å². The number of carbonyl (C=O) groups excluding carboxylic acids is 1. The molecular formula is C14H12ClF3N2OS. The molecule has 0 saturated heterocycles. The van der Waals surface area contributed by atoms with E-state index in [1.54, 1.807) is 0 Å². The van der Waals surface area contributed by atoms with Gasteiger partial charge in [0.05, 0.1) is 27.0 Å². The van der Waals surface area contributed by atoms with Crippen LogP contribution in [0.4, 0.5) is 18.9 Å². The van der Waals surface area contributed by atoms with Gasteiger partial charge in [0.25, 0.3) is 0 Å². The van der Waals surface area contributed by atoms with Gasteiger partial charge in [-0.25, -0.2) is 4.98 Å². The maximum Gasteiger partial charge on any atom is 0.416 e. The number of carbonyl (C=O) groups is 1. The highest BCUT2D eigenvalue weighted by Gasteiger charge is 2.31. The Labute approximate surface area is 134 Å². The molecule has 0 aliphatic heterocycles. The molecule has 1 amide bonds. The summed E-state index contributed by atoms with van der Waals surface area (Å²) in [5.74, 6) is -0.410. The van der Waals surface area contributed by atoms with Crippen LogP contribution in [-0.4, -0.2) is 10.9 Å². The third-order valence-corrected chi connectivity index (χ3v) is 3.99. The van der Waals surface area contributed by atoms with Crippen molar-refractivity contribution in [2.45, 2.75) is 25.9 Å². The molecule has 1 aromatic carbocycles. The van der Waals surface area contributed by atoms with Gasteiger partial charge >= 0.3 is 6.18 Å². The average molecular weight is 349 g/mol. The second-order valence-corrected chi connectivity index (χ2v) is 6.07. The lowest BCUT2D eigenvalue weighted by Gasteiger charge is -2.11. The van der Waals surface area contributed by atoms with Gasteiger partial charge in [-0.3, -0.25) is 4.79 Å². The molecule has 0 unspecified atom stereocenters. The molecule has 1 heterocycles. The number of amides is 1. The van der Waals surface area contributed by atoms with Crippen molar-refractivity contribution in [3.05, 3.63) is 44.9 Å². The monoisotopic (exact) mass is 348 g/mol. The molecule has 0 fully saturated rings. The number of rotatable bonds is 4. The minimum absolute atomic E-state index is 0.0454. The lowest BCUT2D eigenvalue weighted by Crippen LogP contribution is -2.14. The van der Waals surface area contributed by atoms with E-state index in [1.807, 2.05) is 12.3 Å². The van der Waals surface area contributed by atoms with E-state index in [0.717, 1.165) is 28.9 Å². The van der Waals surface area contributed by atoms with Crippen LogP contribution in [0, 0.1) is 6.92 Å². The normalized spacial score (nSPS) is 11.5. The highest BCUT2D eigenvalue weighted by atomic mass is 35.5. The molecule has 22 heavy (non-hydrogen) atoms. The SMILES string of the molecule is Cc1nc(CCC(=O)Nc2cc(C(F)(F)F)ccc2Cl)cs1. The predicted octanol–water partition coefficient (Wildman–Crippen LogP) is 4.70. The van der Waals surface area contributed by atoms with E-state index in [4.69, 9.17) is 11.6 Å². The van der Waals surface area contributed by atoms with E-state index in [1.165, 1.54) is 11.3 Å². The first-order chi connectivity index (χ1) is 10.3. The third-order valence-electron chi connectivity index (χ3n) is 2.84. The van der Waals surface area contributed by atoms with Crippen LogP contribution in [0.25, 0.3) is 0 Å². The number of aromatic nitrogens is 1. The third kappa shape index (κ3) is 4.45. The number of hydrogen-bond acceptors (Lipinski definition) is 3. The van der Waals surface area contributed by atoms with Crippen molar-refractivity contribution in [1.82, 2.24) is 4.98 Å². The summed E-state index contributed by atoms with van der Waals surface area (Å²) in [5.41, 5.74) is -0.119. The van der Waals surface area contributed by atoms with Crippen molar-refractivity contribution in [1.29, 1.82) is 0 Å². The molecule has 8 heteroatoms. The zero-order valence-electron chi connectivity index (χ0n) is 11.5. The first-order valence-corrected chi connectivity index (χ1v) is 7.59. The molecule has 0 spiro atoms. The number of alkyl halides is 3. The van der Waals surface area contributed by atoms with Gasteiger partial charge < -0.3 is 5.32 Å². The Hall–Kier alpha value is -1.60. The fourth-order valence-electron chi connectivity index (χ4n) is 1.77. The molecule has 0 radical (unpaired) electrons. The number of nitrogens with zero attached hydrogens (tertiary/aromatic N) is 1. The van der Waals surface area contributed by atoms with Crippen molar-refractivity contribution in [2.75, 3.05) is 5.32 Å². The van der Waals surface area contributed by atoms with Crippen LogP contribution in [0.3, 0.4) is 0 Å². The van der Waals surface area contributed by atoms with Gasteiger partial charge in [0.1, 0.15) is 0 Å². The van der Waals surface area contributed by atoms with Crippen LogP contribution in [0.1, 0.15) is 22.7 Å². The summed E-state index contributed by atoms with van der Waals surface area (Å²) in [6, 6.07) is 2.81. The Morgan fingerprint density at radius 2 is 2.14 bits per heavy atom. The quantitative estimate of drug-likeness (QED) is 0.870. The number of anilines is 1. The topological polar surface area (TPSA) is 42.0 Å². The zero-order valence-corrected chi connectivity index (χ0v) is 13.1. The Balaban J connectivity index is 2.01. The molecule has 3 nitrogen and oxygen atoms in total. The van der Waals surface area contributed by atoms with Crippen LogP contribution >= 0.6 is 22.9 Å². The Kier molecular flexibility index (Phi) is 5.08. The summed E-state index contributed by atoms with van der Waals surface area (Å²) in [6.07, 6.45) is -3.94. The molecule has 1 N–H and O–H groups in total. The lowest BCUT2D eigenvalue weighted by molar-refractivity contribution is -0.137. The Morgan fingerprint density at radius 1 is 1.41 bits per heavy atom. The standard InChI is InChI=1S/C14H12ClF3N2OS/c1-8-19-10(7-22-8)3-5-13(21)20-12-6-9(14(16,17)18)2-4-11(12)15/h2,4,6-7H,3,5H2,1H3,(H,20,21). The minimum atomic E-state index is -4.48. The van der Waals surface area contributed by atoms with Crippen LogP contribution < -0.4 is 5.32 Å². The van der Waals surface area contributed by atoms with Gasteiger partial charge in [0.15, 0.2) is 0 Å². The largest absolute Gasteiger partial charge is 0.416 e. The first-order valence-electron chi connectivity index (χ1n) is 6.33. The van der Waals surface area contributed by atoms with Crippen LogP contribution in [0.2, 0.25) is 5.02 Å². The molecule has 0 aliphatic carbocycles. The Bertz CT molecular complexity index is 685. The zero-order chi connectivity index (χ0) is 16.3. The molecule has 0 aliphatic rings. The summed E-state index contributed by atoms with van der Waals surface area (Å²) in [7, 11) is 0. The fourth-order valence-corrected chi connectivity index (χ4v) is 2.59. The molecule has 0 bridgehead atoms. The van der Waals surface area contributed by atoms with Crippen LogP contribution in [0.5, 0.6) is 0 Å². The van der Waals surface area contributed by atoms with Crippen molar-refractivity contribution in [2.24, 2.45) is 0 Å². The van der Waals surface area contributed by atoms with E-state index >= 15 is 0 Å². The molecule has 0 atom stereocenters. The molecule has 1 aromatic heterocycles. The minimum Gasteiger partial charge on any atom is -0.325 e. The summed E-state index contributed by atoms with van der Waals surface area (Å²) < 4.78 is 37.9. The predicted molar refractivity (Wildman–Crippen MR) is 80.3 cm³/mol. The summed E-state index contributed by atoms with van der Waals surface area (Å²) >= 11 is 7.30. The fraction of sp³-hybridized carbons (Fsp3) is 0.286. The van der Waals surface area contributed by atoms with Gasteiger partial charge in [-0.2, -0.15) is 13.2 Å². The molecule has 118 valence electrons. The number of halogens is 4. The van der Waals surface area contributed by atoms with Gasteiger partial charge in [-0.15, -0.1) is 11.3 Å². The maximum atomic E-state index is 12.6. The van der Waals surface area contributed by atoms with E-state index in [0.29, 0.717) is 6.42 Å². The molecule has 2 rings (SSSR count). The van der Waals surface area contributed by atoms with E-state index in [2.05, 4.69) is 10.3 Å². The number of aryl methyl sites for hydroxylation is 2. The first kappa shape index (κ1) is 16.8. The van der Waals surface area contributed by atoms with Crippen molar-refractivity contribution in [3.8, 4) is 0 Å². The Morgan fingerprint density at radius 3 is 2.73 bits per heavy atom. The highest BCUT2D eigenvalue weighted by molar-refractivity contribution is 7.09. The summed E-state index contributed by atoms with van der Waals surface area (Å²) in [4.78, 5) is 16.0. The molecule has 2 aromatic rings. The number of benzene rings is 1. The number of thiazole rings is 1. The number of hydrogen-bond donors (Lipinski definition) is 1. The second-order valence-electron chi connectivity index (χ2n) is 4.60. The maximum absolute atomic E-state index is 12.6. The van der Waals surface area contributed by atoms with Crippen molar-refractivity contribution < 1.29 is 18.0 Å². The number of nitrogens with one attached hydrogen (secondary N) is 1. The molecular weight excluding hydrogens is 337 g/mol. The van der Waals surface area contributed by atoms with Crippen LogP contribution in [0.15, 0.2) is 23.6 Å². The van der Waals surface area contributed by atoms with Gasteiger partial charge in [-0.05, 0) is 31.5 Å². The average Bonchev–Trinajstić information content (AvgIpc) is 2.83. The lowest BCUT2D eigenvalue weighted by atomic mass is 10.2. The van der Waals surface area contributed by atoms with Gasteiger partial charge in [-0.1, -0.05) is 11.6 Å². The summed E-state index contributed by atoms with van der Waals surface area (Å²) in [5, 5.41) is 5.21. The van der Waals surface area contributed by atoms with Crippen molar-refractivity contribution >= 4 is 34.5 Å². The summed E-state index contributed by atoms with van der Waals surface area (Å²) in [6.45, 7) is 1.86. The van der Waals surface area contributed by atoms with E-state index < -0.39 is 17.6 Å². The molecule has 0 saturated carbocycles. The highest BCUT2D eigenvalue weighted by Crippen LogP contribution is 2.33.